The summed E-state index contributed by atoms with van der Waals surface area (Å²) in [6, 6.07) is 6.38. The van der Waals surface area contributed by atoms with Crippen LogP contribution < -0.4 is 0 Å². The summed E-state index contributed by atoms with van der Waals surface area (Å²) >= 11 is 0. The Balaban J connectivity index is 1.82. The molecule has 4 nitrogen and oxygen atoms in total. The van der Waals surface area contributed by atoms with Crippen molar-refractivity contribution >= 4 is 11.9 Å². The van der Waals surface area contributed by atoms with E-state index in [0.29, 0.717) is 25.8 Å². The maximum atomic E-state index is 12.2. The van der Waals surface area contributed by atoms with Gasteiger partial charge in [0.1, 0.15) is 0 Å². The molecule has 1 aromatic carbocycles. The molecule has 114 valence electrons. The highest BCUT2D eigenvalue weighted by Gasteiger charge is 2.14. The van der Waals surface area contributed by atoms with Gasteiger partial charge in [0.05, 0.1) is 13.5 Å². The highest BCUT2D eigenvalue weighted by atomic mass is 16.5. The number of fused-ring (bicyclic) bond motifs is 1. The molecule has 4 heteroatoms. The quantitative estimate of drug-likeness (QED) is 0.754. The Morgan fingerprint density at radius 3 is 2.76 bits per heavy atom. The van der Waals surface area contributed by atoms with Crippen LogP contribution in [0.25, 0.3) is 0 Å². The molecule has 1 aliphatic rings. The van der Waals surface area contributed by atoms with E-state index in [4.69, 9.17) is 0 Å². The van der Waals surface area contributed by atoms with Crippen LogP contribution in [0, 0.1) is 0 Å². The molecule has 0 fully saturated rings. The van der Waals surface area contributed by atoms with Crippen LogP contribution in [0.4, 0.5) is 0 Å². The van der Waals surface area contributed by atoms with Gasteiger partial charge in [-0.2, -0.15) is 0 Å². The minimum Gasteiger partial charge on any atom is -0.469 e. The van der Waals surface area contributed by atoms with E-state index < -0.39 is 0 Å². The number of esters is 1. The smallest absolute Gasteiger partial charge is 0.305 e. The van der Waals surface area contributed by atoms with Gasteiger partial charge in [0.2, 0.25) is 5.91 Å². The Morgan fingerprint density at radius 2 is 2.00 bits per heavy atom. The molecule has 2 rings (SSSR count). The second-order valence-electron chi connectivity index (χ2n) is 5.63. The minimum atomic E-state index is -0.227. The summed E-state index contributed by atoms with van der Waals surface area (Å²) in [5, 5.41) is 0. The average Bonchev–Trinajstić information content (AvgIpc) is 2.94. The third kappa shape index (κ3) is 4.31. The lowest BCUT2D eigenvalue weighted by Crippen LogP contribution is -2.29. The van der Waals surface area contributed by atoms with Gasteiger partial charge in [-0.25, -0.2) is 0 Å². The van der Waals surface area contributed by atoms with Crippen LogP contribution in [0.15, 0.2) is 18.2 Å². The molecule has 0 N–H and O–H groups in total. The molecule has 1 amide bonds. The van der Waals surface area contributed by atoms with Gasteiger partial charge in [0.15, 0.2) is 0 Å². The number of hydrogen-bond acceptors (Lipinski definition) is 3. The van der Waals surface area contributed by atoms with Crippen molar-refractivity contribution in [3.63, 3.8) is 0 Å². The van der Waals surface area contributed by atoms with Crippen LogP contribution in [0.1, 0.15) is 36.0 Å². The van der Waals surface area contributed by atoms with E-state index in [1.54, 1.807) is 11.9 Å². The van der Waals surface area contributed by atoms with Gasteiger partial charge in [-0.05, 0) is 42.4 Å². The summed E-state index contributed by atoms with van der Waals surface area (Å²) in [6.45, 7) is 0.582. The Labute approximate surface area is 126 Å². The summed E-state index contributed by atoms with van der Waals surface area (Å²) in [5.74, 6) is -0.132. The Morgan fingerprint density at radius 1 is 1.24 bits per heavy atom. The monoisotopic (exact) mass is 289 g/mol. The van der Waals surface area contributed by atoms with Crippen molar-refractivity contribution in [2.45, 2.75) is 38.5 Å². The number of nitrogens with zero attached hydrogens (tertiary/aromatic N) is 1. The van der Waals surface area contributed by atoms with Crippen LogP contribution in [0.2, 0.25) is 0 Å². The van der Waals surface area contributed by atoms with Gasteiger partial charge >= 0.3 is 5.97 Å². The standard InChI is InChI=1S/C17H23NO3/c1-18(10-4-7-17(20)21-2)16(19)12-13-8-9-14-5-3-6-15(14)11-13/h8-9,11H,3-7,10,12H2,1-2H3. The van der Waals surface area contributed by atoms with E-state index in [-0.39, 0.29) is 11.9 Å². The normalized spacial score (nSPS) is 12.9. The van der Waals surface area contributed by atoms with Crippen molar-refractivity contribution in [3.8, 4) is 0 Å². The zero-order valence-electron chi connectivity index (χ0n) is 12.9. The number of methoxy groups -OCH3 is 1. The van der Waals surface area contributed by atoms with Crippen LogP contribution in [0.5, 0.6) is 0 Å². The SMILES string of the molecule is COC(=O)CCCN(C)C(=O)Cc1ccc2c(c1)CCC2. The molecule has 0 bridgehead atoms. The third-order valence-corrected chi connectivity index (χ3v) is 4.05. The number of rotatable bonds is 6. The maximum absolute atomic E-state index is 12.2. The molecule has 0 spiro atoms. The Hall–Kier alpha value is -1.84. The molecular formula is C17H23NO3. The second-order valence-corrected chi connectivity index (χ2v) is 5.63. The minimum absolute atomic E-state index is 0.0952. The number of benzene rings is 1. The number of hydrogen-bond donors (Lipinski definition) is 0. The summed E-state index contributed by atoms with van der Waals surface area (Å²) in [5.41, 5.74) is 3.91. The van der Waals surface area contributed by atoms with E-state index in [2.05, 4.69) is 22.9 Å². The van der Waals surface area contributed by atoms with Crippen molar-refractivity contribution < 1.29 is 14.3 Å². The third-order valence-electron chi connectivity index (χ3n) is 4.05. The number of amides is 1. The highest BCUT2D eigenvalue weighted by Crippen LogP contribution is 2.23. The van der Waals surface area contributed by atoms with E-state index in [1.165, 1.54) is 24.7 Å². The summed E-state index contributed by atoms with van der Waals surface area (Å²) < 4.78 is 4.59. The first-order valence-corrected chi connectivity index (χ1v) is 7.51. The topological polar surface area (TPSA) is 46.6 Å². The van der Waals surface area contributed by atoms with Crippen LogP contribution in [0.3, 0.4) is 0 Å². The number of carbonyl (C=O) groups is 2. The van der Waals surface area contributed by atoms with Crippen LogP contribution in [-0.4, -0.2) is 37.5 Å². The van der Waals surface area contributed by atoms with Gasteiger partial charge in [-0.3, -0.25) is 9.59 Å². The first-order valence-electron chi connectivity index (χ1n) is 7.51. The molecule has 0 atom stereocenters. The van der Waals surface area contributed by atoms with Gasteiger partial charge in [-0.1, -0.05) is 18.2 Å². The molecule has 1 aromatic rings. The fourth-order valence-corrected chi connectivity index (χ4v) is 2.73. The lowest BCUT2D eigenvalue weighted by Gasteiger charge is -2.17. The maximum Gasteiger partial charge on any atom is 0.305 e. The molecular weight excluding hydrogens is 266 g/mol. The number of aryl methyl sites for hydroxylation is 2. The van der Waals surface area contributed by atoms with E-state index in [1.807, 2.05) is 0 Å². The fourth-order valence-electron chi connectivity index (χ4n) is 2.73. The molecule has 0 unspecified atom stereocenters. The molecule has 0 aliphatic heterocycles. The lowest BCUT2D eigenvalue weighted by atomic mass is 10.0. The number of ether oxygens (including phenoxy) is 1. The fraction of sp³-hybridized carbons (Fsp3) is 0.529. The van der Waals surface area contributed by atoms with Gasteiger partial charge < -0.3 is 9.64 Å². The summed E-state index contributed by atoms with van der Waals surface area (Å²) in [4.78, 5) is 24.9. The summed E-state index contributed by atoms with van der Waals surface area (Å²) in [7, 11) is 3.16. The average molecular weight is 289 g/mol. The second kappa shape index (κ2) is 7.25. The predicted molar refractivity (Wildman–Crippen MR) is 81.1 cm³/mol. The van der Waals surface area contributed by atoms with Crippen molar-refractivity contribution in [1.82, 2.24) is 4.90 Å². The van der Waals surface area contributed by atoms with Gasteiger partial charge in [0.25, 0.3) is 0 Å². The van der Waals surface area contributed by atoms with Crippen molar-refractivity contribution in [1.29, 1.82) is 0 Å². The van der Waals surface area contributed by atoms with Gasteiger partial charge in [0, 0.05) is 20.0 Å². The van der Waals surface area contributed by atoms with Crippen molar-refractivity contribution in [3.05, 3.63) is 34.9 Å². The zero-order chi connectivity index (χ0) is 15.2. The van der Waals surface area contributed by atoms with Gasteiger partial charge in [-0.15, -0.1) is 0 Å². The zero-order valence-corrected chi connectivity index (χ0v) is 12.9. The van der Waals surface area contributed by atoms with E-state index in [0.717, 1.165) is 18.4 Å². The number of carbonyl (C=O) groups excluding carboxylic acids is 2. The summed E-state index contributed by atoms with van der Waals surface area (Å²) in [6.07, 6.45) is 4.94. The molecule has 0 heterocycles. The molecule has 21 heavy (non-hydrogen) atoms. The first kappa shape index (κ1) is 15.5. The largest absolute Gasteiger partial charge is 0.469 e. The van der Waals surface area contributed by atoms with E-state index >= 15 is 0 Å². The molecule has 0 radical (unpaired) electrons. The van der Waals surface area contributed by atoms with Crippen molar-refractivity contribution in [2.24, 2.45) is 0 Å². The first-order chi connectivity index (χ1) is 10.1. The van der Waals surface area contributed by atoms with Crippen LogP contribution in [-0.2, 0) is 33.6 Å². The van der Waals surface area contributed by atoms with Crippen molar-refractivity contribution in [2.75, 3.05) is 20.7 Å². The van der Waals surface area contributed by atoms with E-state index in [9.17, 15) is 9.59 Å². The molecule has 1 aliphatic carbocycles. The predicted octanol–water partition coefficient (Wildman–Crippen LogP) is 2.13. The lowest BCUT2D eigenvalue weighted by molar-refractivity contribution is -0.141. The molecule has 0 aromatic heterocycles. The number of likely N-dealkylation sites (N-methyl/N-ethyl adjacent to an activating group) is 1. The molecule has 0 saturated carbocycles. The van der Waals surface area contributed by atoms with Crippen LogP contribution >= 0.6 is 0 Å². The highest BCUT2D eigenvalue weighted by molar-refractivity contribution is 5.78. The Bertz CT molecular complexity index is 525. The Kier molecular flexibility index (Phi) is 5.37. The molecule has 0 saturated heterocycles.